The Morgan fingerprint density at radius 3 is 0.757 bits per heavy atom. The molecule has 224 valence electrons. The van der Waals surface area contributed by atoms with E-state index < -0.39 is 0 Å². The van der Waals surface area contributed by atoms with Gasteiger partial charge in [0.15, 0.2) is 0 Å². The Bertz CT molecular complexity index is 356. The first kappa shape index (κ1) is 37.4. The third-order valence-corrected chi connectivity index (χ3v) is 10.1. The van der Waals surface area contributed by atoms with Crippen molar-refractivity contribution >= 4 is 11.8 Å². The molecule has 0 aromatic rings. The van der Waals surface area contributed by atoms with Gasteiger partial charge >= 0.3 is 0 Å². The zero-order valence-corrected chi connectivity index (χ0v) is 27.6. The third-order valence-electron chi connectivity index (χ3n) is 8.37. The van der Waals surface area contributed by atoms with Crippen molar-refractivity contribution in [3.8, 4) is 0 Å². The van der Waals surface area contributed by atoms with Crippen LogP contribution in [0.4, 0.5) is 0 Å². The largest absolute Gasteiger partial charge is 0.155 e. The van der Waals surface area contributed by atoms with Crippen LogP contribution < -0.4 is 0 Å². The van der Waals surface area contributed by atoms with E-state index in [9.17, 15) is 0 Å². The summed E-state index contributed by atoms with van der Waals surface area (Å²) in [4.78, 5) is 0. The Labute approximate surface area is 242 Å². The highest BCUT2D eigenvalue weighted by molar-refractivity contribution is 8.00. The van der Waals surface area contributed by atoms with E-state index in [1.165, 1.54) is 193 Å². The molecule has 0 saturated carbocycles. The van der Waals surface area contributed by atoms with E-state index in [-0.39, 0.29) is 0 Å². The molecule has 0 radical (unpaired) electrons. The second-order valence-corrected chi connectivity index (χ2v) is 13.9. The molecule has 0 amide bonds. The minimum atomic E-state index is 0.932. The van der Waals surface area contributed by atoms with Crippen LogP contribution in [0.1, 0.15) is 220 Å². The van der Waals surface area contributed by atoms with Crippen molar-refractivity contribution in [2.75, 3.05) is 0 Å². The molecule has 0 aliphatic heterocycles. The minimum absolute atomic E-state index is 0.932. The molecule has 0 nitrogen and oxygen atoms in total. The second-order valence-electron chi connectivity index (χ2n) is 12.3. The first-order valence-corrected chi connectivity index (χ1v) is 18.9. The molecule has 37 heavy (non-hydrogen) atoms. The van der Waals surface area contributed by atoms with E-state index >= 15 is 0 Å². The number of rotatable bonds is 32. The van der Waals surface area contributed by atoms with Gasteiger partial charge in [-0.05, 0) is 25.7 Å². The minimum Gasteiger partial charge on any atom is -0.155 e. The number of hydrogen-bond acceptors (Lipinski definition) is 1. The maximum atomic E-state index is 2.40. The SMILES string of the molecule is CCCCCCCCCCCCCCC(CCC)SC(CCC)CCCCCCCCCCCCCC. The van der Waals surface area contributed by atoms with Gasteiger partial charge in [0.1, 0.15) is 0 Å². The van der Waals surface area contributed by atoms with Crippen LogP contribution in [0.15, 0.2) is 0 Å². The van der Waals surface area contributed by atoms with Gasteiger partial charge < -0.3 is 0 Å². The standard InChI is InChI=1S/C36H74S/c1-5-9-11-13-15-17-19-21-23-25-27-29-33-35(31-7-3)37-36(32-8-4)34-30-28-26-24-22-20-18-16-14-12-10-6-2/h35-36H,5-34H2,1-4H3. The van der Waals surface area contributed by atoms with Crippen LogP contribution in [0.3, 0.4) is 0 Å². The molecule has 0 fully saturated rings. The summed E-state index contributed by atoms with van der Waals surface area (Å²) in [6.45, 7) is 9.42. The molecule has 0 N–H and O–H groups in total. The summed E-state index contributed by atoms with van der Waals surface area (Å²) in [5.74, 6) is 0. The smallest absolute Gasteiger partial charge is 0.00497 e. The highest BCUT2D eigenvalue weighted by atomic mass is 32.2. The normalized spacial score (nSPS) is 13.3. The van der Waals surface area contributed by atoms with Gasteiger partial charge in [-0.25, -0.2) is 0 Å². The van der Waals surface area contributed by atoms with Crippen molar-refractivity contribution in [1.29, 1.82) is 0 Å². The van der Waals surface area contributed by atoms with Gasteiger partial charge in [-0.15, -0.1) is 0 Å². The van der Waals surface area contributed by atoms with Crippen molar-refractivity contribution in [2.24, 2.45) is 0 Å². The monoisotopic (exact) mass is 539 g/mol. The summed E-state index contributed by atoms with van der Waals surface area (Å²) in [7, 11) is 0. The van der Waals surface area contributed by atoms with E-state index in [1.54, 1.807) is 0 Å². The molecule has 1 heteroatoms. The first-order valence-electron chi connectivity index (χ1n) is 17.9. The zero-order valence-electron chi connectivity index (χ0n) is 26.8. The molecule has 0 bridgehead atoms. The average Bonchev–Trinajstić information content (AvgIpc) is 2.90. The summed E-state index contributed by atoms with van der Waals surface area (Å²) in [6, 6.07) is 0. The predicted molar refractivity (Wildman–Crippen MR) is 176 cm³/mol. The number of unbranched alkanes of at least 4 members (excludes halogenated alkanes) is 22. The molecule has 0 heterocycles. The van der Waals surface area contributed by atoms with Crippen LogP contribution >= 0.6 is 11.8 Å². The van der Waals surface area contributed by atoms with E-state index in [4.69, 9.17) is 0 Å². The van der Waals surface area contributed by atoms with Crippen LogP contribution in [-0.2, 0) is 0 Å². The Hall–Kier alpha value is 0.350. The molecule has 0 rings (SSSR count). The average molecular weight is 539 g/mol. The van der Waals surface area contributed by atoms with E-state index in [0.29, 0.717) is 0 Å². The highest BCUT2D eigenvalue weighted by Crippen LogP contribution is 2.32. The summed E-state index contributed by atoms with van der Waals surface area (Å²) < 4.78 is 0. The predicted octanol–water partition coefficient (Wildman–Crippen LogP) is 14.2. The van der Waals surface area contributed by atoms with E-state index in [2.05, 4.69) is 39.5 Å². The van der Waals surface area contributed by atoms with Crippen LogP contribution in [0.2, 0.25) is 0 Å². The molecule has 0 aliphatic carbocycles. The molecule has 2 atom stereocenters. The summed E-state index contributed by atoms with van der Waals surface area (Å²) in [5.41, 5.74) is 0. The van der Waals surface area contributed by atoms with Gasteiger partial charge in [-0.3, -0.25) is 0 Å². The summed E-state index contributed by atoms with van der Waals surface area (Å²) in [6.07, 6.45) is 43.8. The molecule has 0 saturated heterocycles. The molecular weight excluding hydrogens is 464 g/mol. The van der Waals surface area contributed by atoms with Gasteiger partial charge in [0.05, 0.1) is 0 Å². The van der Waals surface area contributed by atoms with Crippen LogP contribution in [0.5, 0.6) is 0 Å². The fourth-order valence-corrected chi connectivity index (χ4v) is 7.80. The number of hydrogen-bond donors (Lipinski definition) is 0. The van der Waals surface area contributed by atoms with Crippen molar-refractivity contribution < 1.29 is 0 Å². The van der Waals surface area contributed by atoms with Gasteiger partial charge in [0.25, 0.3) is 0 Å². The summed E-state index contributed by atoms with van der Waals surface area (Å²) >= 11 is 2.40. The Kier molecular flexibility index (Phi) is 32.9. The third kappa shape index (κ3) is 29.2. The topological polar surface area (TPSA) is 0 Å². The van der Waals surface area contributed by atoms with Gasteiger partial charge in [-0.1, -0.05) is 195 Å². The van der Waals surface area contributed by atoms with Crippen LogP contribution in [0.25, 0.3) is 0 Å². The van der Waals surface area contributed by atoms with Gasteiger partial charge in [0, 0.05) is 10.5 Å². The first-order chi connectivity index (χ1) is 18.3. The molecule has 2 unspecified atom stereocenters. The molecule has 0 aliphatic rings. The van der Waals surface area contributed by atoms with E-state index in [0.717, 1.165) is 10.5 Å². The van der Waals surface area contributed by atoms with Crippen molar-refractivity contribution in [3.05, 3.63) is 0 Å². The maximum Gasteiger partial charge on any atom is 0.00497 e. The molecular formula is C36H74S. The fourth-order valence-electron chi connectivity index (χ4n) is 5.90. The number of thioether (sulfide) groups is 1. The lowest BCUT2D eigenvalue weighted by Crippen LogP contribution is -2.12. The Morgan fingerprint density at radius 2 is 0.514 bits per heavy atom. The quantitative estimate of drug-likeness (QED) is 0.0767. The molecule has 0 spiro atoms. The van der Waals surface area contributed by atoms with Crippen molar-refractivity contribution in [3.63, 3.8) is 0 Å². The summed E-state index contributed by atoms with van der Waals surface area (Å²) in [5, 5.41) is 1.86. The highest BCUT2D eigenvalue weighted by Gasteiger charge is 2.16. The fraction of sp³-hybridized carbons (Fsp3) is 1.00. The Balaban J connectivity index is 3.79. The molecule has 0 aromatic carbocycles. The van der Waals surface area contributed by atoms with Gasteiger partial charge in [-0.2, -0.15) is 11.8 Å². The van der Waals surface area contributed by atoms with Crippen molar-refractivity contribution in [1.82, 2.24) is 0 Å². The van der Waals surface area contributed by atoms with Crippen molar-refractivity contribution in [2.45, 2.75) is 231 Å². The lowest BCUT2D eigenvalue weighted by atomic mass is 10.0. The zero-order chi connectivity index (χ0) is 27.1. The second kappa shape index (κ2) is 32.6. The van der Waals surface area contributed by atoms with E-state index in [1.807, 2.05) is 0 Å². The van der Waals surface area contributed by atoms with Gasteiger partial charge in [0.2, 0.25) is 0 Å². The van der Waals surface area contributed by atoms with Crippen LogP contribution in [0, 0.1) is 0 Å². The maximum absolute atomic E-state index is 2.40. The lowest BCUT2D eigenvalue weighted by molar-refractivity contribution is 0.529. The Morgan fingerprint density at radius 1 is 0.270 bits per heavy atom. The lowest BCUT2D eigenvalue weighted by Gasteiger charge is -2.23. The van der Waals surface area contributed by atoms with Crippen LogP contribution in [-0.4, -0.2) is 10.5 Å². The molecule has 0 aromatic heterocycles.